The topological polar surface area (TPSA) is 47.9 Å². The highest BCUT2D eigenvalue weighted by Gasteiger charge is 1.85. The molecule has 0 atom stereocenters. The SMILES string of the molecule is CCCOOOCCO. The van der Waals surface area contributed by atoms with Crippen LogP contribution in [-0.4, -0.2) is 24.9 Å². The summed E-state index contributed by atoms with van der Waals surface area (Å²) in [6.07, 6.45) is 0.877. The summed E-state index contributed by atoms with van der Waals surface area (Å²) in [5, 5.41) is 12.3. The highest BCUT2D eigenvalue weighted by Crippen LogP contribution is 1.82. The molecule has 0 aliphatic rings. The number of aliphatic hydroxyl groups is 1. The molecule has 0 radical (unpaired) electrons. The van der Waals surface area contributed by atoms with Gasteiger partial charge >= 0.3 is 0 Å². The van der Waals surface area contributed by atoms with Gasteiger partial charge in [-0.05, 0) is 6.42 Å². The first-order valence-electron chi connectivity index (χ1n) is 2.93. The van der Waals surface area contributed by atoms with Gasteiger partial charge in [-0.25, -0.2) is 9.78 Å². The van der Waals surface area contributed by atoms with Crippen LogP contribution in [0.1, 0.15) is 13.3 Å². The molecule has 0 aromatic carbocycles. The van der Waals surface area contributed by atoms with Gasteiger partial charge in [-0.2, -0.15) is 0 Å². The first-order valence-corrected chi connectivity index (χ1v) is 2.93. The van der Waals surface area contributed by atoms with Gasteiger partial charge in [-0.3, -0.25) is 0 Å². The predicted octanol–water partition coefficient (Wildman–Crippen LogP) is 0.269. The van der Waals surface area contributed by atoms with Crippen molar-refractivity contribution in [3.8, 4) is 0 Å². The second kappa shape index (κ2) is 7.84. The van der Waals surface area contributed by atoms with Gasteiger partial charge in [0.05, 0.1) is 13.2 Å². The van der Waals surface area contributed by atoms with Gasteiger partial charge in [0.2, 0.25) is 0 Å². The first-order chi connectivity index (χ1) is 4.41. The molecule has 56 valence electrons. The third-order valence-electron chi connectivity index (χ3n) is 0.558. The number of rotatable bonds is 6. The molecular weight excluding hydrogens is 124 g/mol. The summed E-state index contributed by atoms with van der Waals surface area (Å²) in [4.78, 5) is 8.76. The van der Waals surface area contributed by atoms with Gasteiger partial charge in [0.15, 0.2) is 0 Å². The minimum atomic E-state index is -0.0600. The fraction of sp³-hybridized carbons (Fsp3) is 1.00. The molecule has 4 heteroatoms. The molecule has 0 aromatic rings. The molecule has 0 amide bonds. The lowest BCUT2D eigenvalue weighted by atomic mass is 10.5. The summed E-state index contributed by atoms with van der Waals surface area (Å²) in [6, 6.07) is 0. The number of hydrogen-bond donors (Lipinski definition) is 1. The average molecular weight is 136 g/mol. The summed E-state index contributed by atoms with van der Waals surface area (Å²) in [5.74, 6) is 0. The van der Waals surface area contributed by atoms with Crippen LogP contribution in [0.15, 0.2) is 0 Å². The van der Waals surface area contributed by atoms with Crippen molar-refractivity contribution in [1.82, 2.24) is 0 Å². The van der Waals surface area contributed by atoms with E-state index in [1.165, 1.54) is 0 Å². The Kier molecular flexibility index (Phi) is 7.70. The Morgan fingerprint density at radius 2 is 1.89 bits per heavy atom. The number of hydrogen-bond acceptors (Lipinski definition) is 4. The van der Waals surface area contributed by atoms with Crippen molar-refractivity contribution in [2.45, 2.75) is 13.3 Å². The van der Waals surface area contributed by atoms with Crippen LogP contribution < -0.4 is 0 Å². The molecule has 0 fully saturated rings. The van der Waals surface area contributed by atoms with Gasteiger partial charge in [0, 0.05) is 0 Å². The van der Waals surface area contributed by atoms with Crippen molar-refractivity contribution in [2.75, 3.05) is 19.8 Å². The van der Waals surface area contributed by atoms with E-state index in [-0.39, 0.29) is 13.2 Å². The van der Waals surface area contributed by atoms with Crippen LogP contribution in [0.25, 0.3) is 0 Å². The predicted molar refractivity (Wildman–Crippen MR) is 30.4 cm³/mol. The minimum absolute atomic E-state index is 0.0600. The molecule has 1 N–H and O–H groups in total. The molecule has 0 aliphatic carbocycles. The molecule has 0 spiro atoms. The monoisotopic (exact) mass is 136 g/mol. The largest absolute Gasteiger partial charge is 0.394 e. The molecule has 0 aliphatic heterocycles. The van der Waals surface area contributed by atoms with Crippen LogP contribution in [0.5, 0.6) is 0 Å². The zero-order valence-electron chi connectivity index (χ0n) is 5.50. The standard InChI is InChI=1S/C5H12O4/c1-2-4-7-9-8-5-3-6/h6H,2-5H2,1H3. The van der Waals surface area contributed by atoms with Crippen molar-refractivity contribution in [3.63, 3.8) is 0 Å². The van der Waals surface area contributed by atoms with Crippen LogP contribution in [0.4, 0.5) is 0 Å². The van der Waals surface area contributed by atoms with Crippen molar-refractivity contribution < 1.29 is 19.9 Å². The average Bonchev–Trinajstić information content (AvgIpc) is 1.89. The summed E-state index contributed by atoms with van der Waals surface area (Å²) in [6.45, 7) is 2.54. The lowest BCUT2D eigenvalue weighted by molar-refractivity contribution is -0.513. The Morgan fingerprint density at radius 1 is 1.22 bits per heavy atom. The Bertz CT molecular complexity index is 42.2. The van der Waals surface area contributed by atoms with E-state index >= 15 is 0 Å². The van der Waals surface area contributed by atoms with E-state index in [2.05, 4.69) is 14.8 Å². The summed E-state index contributed by atoms with van der Waals surface area (Å²) in [7, 11) is 0. The van der Waals surface area contributed by atoms with Crippen LogP contribution in [0.3, 0.4) is 0 Å². The first kappa shape index (κ1) is 8.84. The molecule has 0 saturated heterocycles. The lowest BCUT2D eigenvalue weighted by Gasteiger charge is -1.98. The Balaban J connectivity index is 2.60. The Labute approximate surface area is 54.2 Å². The molecule has 0 heterocycles. The fourth-order valence-electron chi connectivity index (χ4n) is 0.223. The van der Waals surface area contributed by atoms with Crippen LogP contribution >= 0.6 is 0 Å². The second-order valence-corrected chi connectivity index (χ2v) is 1.44. The Hall–Kier alpha value is -0.160. The second-order valence-electron chi connectivity index (χ2n) is 1.44. The molecule has 0 saturated carbocycles. The normalized spacial score (nSPS) is 10.0. The maximum atomic E-state index is 8.16. The van der Waals surface area contributed by atoms with Gasteiger partial charge < -0.3 is 5.11 Å². The fourth-order valence-corrected chi connectivity index (χ4v) is 0.223. The molecule has 9 heavy (non-hydrogen) atoms. The smallest absolute Gasteiger partial charge is 0.108 e. The van der Waals surface area contributed by atoms with Crippen molar-refractivity contribution >= 4 is 0 Å². The molecule has 0 aromatic heterocycles. The van der Waals surface area contributed by atoms with Crippen LogP contribution in [-0.2, 0) is 14.8 Å². The van der Waals surface area contributed by atoms with Gasteiger partial charge in [0.25, 0.3) is 0 Å². The third kappa shape index (κ3) is 7.84. The highest BCUT2D eigenvalue weighted by molar-refractivity contribution is 4.14. The molecule has 4 nitrogen and oxygen atoms in total. The minimum Gasteiger partial charge on any atom is -0.394 e. The van der Waals surface area contributed by atoms with E-state index in [1.54, 1.807) is 0 Å². The Morgan fingerprint density at radius 3 is 2.44 bits per heavy atom. The maximum Gasteiger partial charge on any atom is 0.108 e. The molecule has 0 unspecified atom stereocenters. The van der Waals surface area contributed by atoms with Gasteiger partial charge in [-0.1, -0.05) is 12.0 Å². The van der Waals surface area contributed by atoms with Gasteiger partial charge in [-0.15, -0.1) is 0 Å². The molecule has 0 bridgehead atoms. The molecule has 0 rings (SSSR count). The van der Waals surface area contributed by atoms with E-state index in [1.807, 2.05) is 6.92 Å². The van der Waals surface area contributed by atoms with Crippen molar-refractivity contribution in [2.24, 2.45) is 0 Å². The van der Waals surface area contributed by atoms with E-state index in [0.717, 1.165) is 6.42 Å². The van der Waals surface area contributed by atoms with E-state index in [0.29, 0.717) is 6.61 Å². The maximum absolute atomic E-state index is 8.16. The van der Waals surface area contributed by atoms with Gasteiger partial charge in [0.1, 0.15) is 6.61 Å². The molecular formula is C5H12O4. The van der Waals surface area contributed by atoms with E-state index in [4.69, 9.17) is 5.11 Å². The zero-order valence-corrected chi connectivity index (χ0v) is 5.50. The quantitative estimate of drug-likeness (QED) is 0.323. The summed E-state index contributed by atoms with van der Waals surface area (Å²) in [5.41, 5.74) is 0. The lowest BCUT2D eigenvalue weighted by Crippen LogP contribution is -2.01. The van der Waals surface area contributed by atoms with Crippen molar-refractivity contribution in [3.05, 3.63) is 0 Å². The van der Waals surface area contributed by atoms with Crippen molar-refractivity contribution in [1.29, 1.82) is 0 Å². The highest BCUT2D eigenvalue weighted by atomic mass is 17.5. The number of aliphatic hydroxyl groups excluding tert-OH is 1. The van der Waals surface area contributed by atoms with Crippen LogP contribution in [0.2, 0.25) is 0 Å². The summed E-state index contributed by atoms with van der Waals surface area (Å²) < 4.78 is 0. The summed E-state index contributed by atoms with van der Waals surface area (Å²) >= 11 is 0. The van der Waals surface area contributed by atoms with Crippen LogP contribution in [0, 0.1) is 0 Å². The third-order valence-corrected chi connectivity index (χ3v) is 0.558. The van der Waals surface area contributed by atoms with E-state index in [9.17, 15) is 0 Å². The zero-order chi connectivity index (χ0) is 6.95. The van der Waals surface area contributed by atoms with E-state index < -0.39 is 0 Å².